The molecule has 0 spiro atoms. The standard InChI is InChI=1S/C5H10O4/c6-3-5(7)4-8-1-2-9-5/h6-7H,1-4H2. The number of hydrogen-bond acceptors (Lipinski definition) is 4. The predicted octanol–water partition coefficient (Wildman–Crippen LogP) is -1.29. The fourth-order valence-electron chi connectivity index (χ4n) is 0.655. The lowest BCUT2D eigenvalue weighted by Crippen LogP contribution is -2.46. The first-order valence-electron chi connectivity index (χ1n) is 2.82. The molecule has 0 aromatic heterocycles. The summed E-state index contributed by atoms with van der Waals surface area (Å²) in [6, 6.07) is 0. The quantitative estimate of drug-likeness (QED) is 0.468. The SMILES string of the molecule is OCC1(O)COCCO1. The average Bonchev–Trinajstić information content (AvgIpc) is 1.90. The van der Waals surface area contributed by atoms with E-state index in [4.69, 9.17) is 19.7 Å². The summed E-state index contributed by atoms with van der Waals surface area (Å²) < 4.78 is 9.64. The largest absolute Gasteiger partial charge is 0.391 e. The molecule has 0 aromatic rings. The highest BCUT2D eigenvalue weighted by molar-refractivity contribution is 4.67. The zero-order valence-corrected chi connectivity index (χ0v) is 5.04. The van der Waals surface area contributed by atoms with Gasteiger partial charge in [0.2, 0.25) is 5.79 Å². The topological polar surface area (TPSA) is 58.9 Å². The number of rotatable bonds is 1. The smallest absolute Gasteiger partial charge is 0.213 e. The van der Waals surface area contributed by atoms with Crippen molar-refractivity contribution in [2.24, 2.45) is 0 Å². The minimum absolute atomic E-state index is 0.0590. The predicted molar refractivity (Wildman–Crippen MR) is 28.8 cm³/mol. The van der Waals surface area contributed by atoms with Crippen molar-refractivity contribution in [3.63, 3.8) is 0 Å². The molecule has 1 heterocycles. The highest BCUT2D eigenvalue weighted by Gasteiger charge is 2.29. The Labute approximate surface area is 53.0 Å². The van der Waals surface area contributed by atoms with Gasteiger partial charge in [0, 0.05) is 0 Å². The van der Waals surface area contributed by atoms with E-state index in [1.807, 2.05) is 0 Å². The van der Waals surface area contributed by atoms with E-state index in [2.05, 4.69) is 0 Å². The van der Waals surface area contributed by atoms with Crippen LogP contribution in [0.3, 0.4) is 0 Å². The number of aliphatic hydroxyl groups is 2. The summed E-state index contributed by atoms with van der Waals surface area (Å²) in [6.45, 7) is 0.482. The third kappa shape index (κ3) is 1.62. The molecule has 1 rings (SSSR count). The van der Waals surface area contributed by atoms with Crippen LogP contribution < -0.4 is 0 Å². The van der Waals surface area contributed by atoms with Gasteiger partial charge >= 0.3 is 0 Å². The van der Waals surface area contributed by atoms with Crippen LogP contribution in [-0.2, 0) is 9.47 Å². The molecule has 0 radical (unpaired) electrons. The molecule has 54 valence electrons. The second-order valence-corrected chi connectivity index (χ2v) is 2.01. The van der Waals surface area contributed by atoms with Crippen molar-refractivity contribution >= 4 is 0 Å². The summed E-state index contributed by atoms with van der Waals surface area (Å²) in [5.74, 6) is -1.45. The third-order valence-electron chi connectivity index (χ3n) is 1.17. The van der Waals surface area contributed by atoms with E-state index in [1.54, 1.807) is 0 Å². The summed E-state index contributed by atoms with van der Waals surface area (Å²) in [7, 11) is 0. The van der Waals surface area contributed by atoms with Crippen LogP contribution in [0, 0.1) is 0 Å². The molecule has 4 nitrogen and oxygen atoms in total. The van der Waals surface area contributed by atoms with Crippen molar-refractivity contribution < 1.29 is 19.7 Å². The summed E-state index contributed by atoms with van der Waals surface area (Å²) in [6.07, 6.45) is 0. The Morgan fingerprint density at radius 2 is 2.22 bits per heavy atom. The Bertz CT molecular complexity index is 87.0. The second-order valence-electron chi connectivity index (χ2n) is 2.01. The molecule has 0 aliphatic carbocycles. The van der Waals surface area contributed by atoms with Gasteiger partial charge in [-0.15, -0.1) is 0 Å². The molecule has 1 fully saturated rings. The Morgan fingerprint density at radius 1 is 1.44 bits per heavy atom. The van der Waals surface area contributed by atoms with Gasteiger partial charge in [0.25, 0.3) is 0 Å². The Kier molecular flexibility index (Phi) is 2.02. The van der Waals surface area contributed by atoms with E-state index < -0.39 is 12.4 Å². The van der Waals surface area contributed by atoms with Gasteiger partial charge in [0.15, 0.2) is 0 Å². The van der Waals surface area contributed by atoms with Gasteiger partial charge in [0.1, 0.15) is 6.61 Å². The van der Waals surface area contributed by atoms with Crippen molar-refractivity contribution in [2.45, 2.75) is 5.79 Å². The van der Waals surface area contributed by atoms with E-state index >= 15 is 0 Å². The molecule has 0 bridgehead atoms. The molecular formula is C5H10O4. The van der Waals surface area contributed by atoms with Crippen LogP contribution in [-0.4, -0.2) is 42.4 Å². The molecule has 1 aliphatic rings. The second kappa shape index (κ2) is 2.62. The zero-order valence-electron chi connectivity index (χ0n) is 5.04. The van der Waals surface area contributed by atoms with E-state index in [0.717, 1.165) is 0 Å². The van der Waals surface area contributed by atoms with Crippen LogP contribution in [0.4, 0.5) is 0 Å². The summed E-state index contributed by atoms with van der Waals surface area (Å²) >= 11 is 0. The van der Waals surface area contributed by atoms with Crippen LogP contribution in [0.5, 0.6) is 0 Å². The molecule has 1 saturated heterocycles. The molecule has 0 saturated carbocycles. The van der Waals surface area contributed by atoms with Crippen molar-refractivity contribution in [2.75, 3.05) is 26.4 Å². The lowest BCUT2D eigenvalue weighted by Gasteiger charge is -2.29. The molecule has 1 atom stereocenters. The zero-order chi connectivity index (χ0) is 6.74. The normalized spacial score (nSPS) is 36.7. The van der Waals surface area contributed by atoms with E-state index in [-0.39, 0.29) is 6.61 Å². The van der Waals surface area contributed by atoms with E-state index in [1.165, 1.54) is 0 Å². The molecule has 4 heteroatoms. The molecule has 1 unspecified atom stereocenters. The van der Waals surface area contributed by atoms with Gasteiger partial charge in [-0.1, -0.05) is 0 Å². The maximum atomic E-state index is 9.08. The van der Waals surface area contributed by atoms with Gasteiger partial charge in [-0.3, -0.25) is 0 Å². The monoisotopic (exact) mass is 134 g/mol. The van der Waals surface area contributed by atoms with Crippen LogP contribution >= 0.6 is 0 Å². The molecule has 2 N–H and O–H groups in total. The molecular weight excluding hydrogens is 124 g/mol. The molecule has 9 heavy (non-hydrogen) atoms. The van der Waals surface area contributed by atoms with Gasteiger partial charge in [0.05, 0.1) is 19.8 Å². The molecule has 0 aromatic carbocycles. The summed E-state index contributed by atoms with van der Waals surface area (Å²) in [5, 5.41) is 17.6. The number of hydrogen-bond donors (Lipinski definition) is 2. The minimum Gasteiger partial charge on any atom is -0.391 e. The number of aliphatic hydroxyl groups excluding tert-OH is 1. The number of ether oxygens (including phenoxy) is 2. The highest BCUT2D eigenvalue weighted by atomic mass is 16.7. The fourth-order valence-corrected chi connectivity index (χ4v) is 0.655. The Balaban J connectivity index is 2.37. The van der Waals surface area contributed by atoms with Crippen LogP contribution in [0.15, 0.2) is 0 Å². The average molecular weight is 134 g/mol. The van der Waals surface area contributed by atoms with Crippen molar-refractivity contribution in [1.29, 1.82) is 0 Å². The maximum absolute atomic E-state index is 9.08. The van der Waals surface area contributed by atoms with Crippen LogP contribution in [0.2, 0.25) is 0 Å². The van der Waals surface area contributed by atoms with Crippen molar-refractivity contribution in [3.05, 3.63) is 0 Å². The van der Waals surface area contributed by atoms with Gasteiger partial charge < -0.3 is 19.7 Å². The molecule has 1 aliphatic heterocycles. The van der Waals surface area contributed by atoms with Crippen molar-refractivity contribution in [3.8, 4) is 0 Å². The van der Waals surface area contributed by atoms with Crippen LogP contribution in [0.25, 0.3) is 0 Å². The minimum atomic E-state index is -1.45. The summed E-state index contributed by atoms with van der Waals surface area (Å²) in [4.78, 5) is 0. The first-order valence-corrected chi connectivity index (χ1v) is 2.82. The lowest BCUT2D eigenvalue weighted by molar-refractivity contribution is -0.282. The Morgan fingerprint density at radius 3 is 2.56 bits per heavy atom. The van der Waals surface area contributed by atoms with Gasteiger partial charge in [-0.2, -0.15) is 0 Å². The lowest BCUT2D eigenvalue weighted by atomic mass is 10.3. The first kappa shape index (κ1) is 6.95. The van der Waals surface area contributed by atoms with Crippen molar-refractivity contribution in [1.82, 2.24) is 0 Å². The highest BCUT2D eigenvalue weighted by Crippen LogP contribution is 2.10. The van der Waals surface area contributed by atoms with Crippen LogP contribution in [0.1, 0.15) is 0 Å². The Hall–Kier alpha value is -0.160. The van der Waals surface area contributed by atoms with E-state index in [0.29, 0.717) is 13.2 Å². The fraction of sp³-hybridized carbons (Fsp3) is 1.00. The first-order chi connectivity index (χ1) is 4.27. The van der Waals surface area contributed by atoms with E-state index in [9.17, 15) is 0 Å². The summed E-state index contributed by atoms with van der Waals surface area (Å²) in [5.41, 5.74) is 0. The maximum Gasteiger partial charge on any atom is 0.213 e. The third-order valence-corrected chi connectivity index (χ3v) is 1.17. The van der Waals surface area contributed by atoms with Gasteiger partial charge in [-0.05, 0) is 0 Å². The molecule has 0 amide bonds. The van der Waals surface area contributed by atoms with Gasteiger partial charge in [-0.25, -0.2) is 0 Å².